The Morgan fingerprint density at radius 1 is 1.21 bits per heavy atom. The van der Waals surface area contributed by atoms with Crippen LogP contribution in [0.15, 0.2) is 12.1 Å². The van der Waals surface area contributed by atoms with E-state index in [0.717, 1.165) is 37.4 Å². The summed E-state index contributed by atoms with van der Waals surface area (Å²) in [5, 5.41) is 3.42. The Labute approximate surface area is 115 Å². The molecule has 1 unspecified atom stereocenters. The lowest BCUT2D eigenvalue weighted by Crippen LogP contribution is -2.25. The first kappa shape index (κ1) is 14.2. The molecule has 3 N–H and O–H groups in total. The van der Waals surface area contributed by atoms with E-state index in [1.54, 1.807) is 0 Å². The van der Waals surface area contributed by atoms with Gasteiger partial charge in [0.05, 0.1) is 0 Å². The maximum atomic E-state index is 5.72. The number of nitrogens with two attached hydrogens (primary N) is 1. The second-order valence-corrected chi connectivity index (χ2v) is 5.19. The Kier molecular flexibility index (Phi) is 5.05. The predicted molar refractivity (Wildman–Crippen MR) is 77.0 cm³/mol. The summed E-state index contributed by atoms with van der Waals surface area (Å²) >= 11 is 0. The molecule has 4 heteroatoms. The molecule has 0 amide bonds. The lowest BCUT2D eigenvalue weighted by atomic mass is 10.0. The Hall–Kier alpha value is -1.26. The maximum absolute atomic E-state index is 5.72. The third-order valence-corrected chi connectivity index (χ3v) is 3.35. The van der Waals surface area contributed by atoms with Crippen molar-refractivity contribution in [3.8, 4) is 11.5 Å². The molecule has 2 rings (SSSR count). The van der Waals surface area contributed by atoms with Gasteiger partial charge in [0, 0.05) is 6.04 Å². The number of hydrogen-bond donors (Lipinski definition) is 2. The van der Waals surface area contributed by atoms with E-state index < -0.39 is 0 Å². The summed E-state index contributed by atoms with van der Waals surface area (Å²) in [6, 6.07) is 4.45. The summed E-state index contributed by atoms with van der Waals surface area (Å²) in [6.07, 6.45) is 2.02. The van der Waals surface area contributed by atoms with Crippen molar-refractivity contribution >= 4 is 0 Å². The van der Waals surface area contributed by atoms with E-state index in [4.69, 9.17) is 15.2 Å². The lowest BCUT2D eigenvalue weighted by molar-refractivity contribution is 0.171. The van der Waals surface area contributed by atoms with Crippen molar-refractivity contribution in [2.24, 2.45) is 5.73 Å². The molecule has 106 valence electrons. The molecule has 1 atom stereocenters. The van der Waals surface area contributed by atoms with E-state index in [1.807, 2.05) is 6.92 Å². The summed E-state index contributed by atoms with van der Waals surface area (Å²) in [7, 11) is 0. The van der Waals surface area contributed by atoms with Crippen LogP contribution in [0.1, 0.15) is 24.5 Å². The number of nitrogens with one attached hydrogen (secondary N) is 1. The van der Waals surface area contributed by atoms with E-state index in [2.05, 4.69) is 24.4 Å². The van der Waals surface area contributed by atoms with Crippen molar-refractivity contribution in [2.45, 2.75) is 32.7 Å². The smallest absolute Gasteiger partial charge is 0.161 e. The quantitative estimate of drug-likeness (QED) is 0.767. The zero-order chi connectivity index (χ0) is 13.7. The number of fused-ring (bicyclic) bond motifs is 1. The summed E-state index contributed by atoms with van der Waals surface area (Å²) in [5.74, 6) is 1.75. The Bertz CT molecular complexity index is 419. The average Bonchev–Trinajstić information content (AvgIpc) is 2.38. The van der Waals surface area contributed by atoms with Crippen LogP contribution in [0.2, 0.25) is 0 Å². The van der Waals surface area contributed by atoms with Gasteiger partial charge in [-0.2, -0.15) is 0 Å². The Balaban J connectivity index is 1.86. The normalized spacial score (nSPS) is 15.3. The number of aryl methyl sites for hydroxylation is 1. The van der Waals surface area contributed by atoms with Crippen LogP contribution < -0.4 is 20.5 Å². The highest BCUT2D eigenvalue weighted by Crippen LogP contribution is 2.33. The predicted octanol–water partition coefficient (Wildman–Crippen LogP) is 1.64. The number of hydrogen-bond acceptors (Lipinski definition) is 4. The van der Waals surface area contributed by atoms with Crippen LogP contribution in [0.25, 0.3) is 0 Å². The maximum Gasteiger partial charge on any atom is 0.161 e. The van der Waals surface area contributed by atoms with Crippen molar-refractivity contribution in [2.75, 3.05) is 26.3 Å². The second kappa shape index (κ2) is 6.78. The SMILES string of the molecule is Cc1cc2c(cc1CCNCCC(C)N)OCCO2. The van der Waals surface area contributed by atoms with Gasteiger partial charge in [-0.15, -0.1) is 0 Å². The fourth-order valence-corrected chi connectivity index (χ4v) is 2.18. The van der Waals surface area contributed by atoms with Gasteiger partial charge in [0.25, 0.3) is 0 Å². The average molecular weight is 264 g/mol. The minimum atomic E-state index is 0.267. The fraction of sp³-hybridized carbons (Fsp3) is 0.600. The van der Waals surface area contributed by atoms with Crippen LogP contribution in [0, 0.1) is 6.92 Å². The van der Waals surface area contributed by atoms with Gasteiger partial charge in [-0.1, -0.05) is 0 Å². The van der Waals surface area contributed by atoms with Crippen LogP contribution in [0.4, 0.5) is 0 Å². The summed E-state index contributed by atoms with van der Waals surface area (Å²) in [5.41, 5.74) is 8.30. The van der Waals surface area contributed by atoms with E-state index in [0.29, 0.717) is 13.2 Å². The fourth-order valence-electron chi connectivity index (χ4n) is 2.18. The first-order valence-corrected chi connectivity index (χ1v) is 7.02. The van der Waals surface area contributed by atoms with Gasteiger partial charge in [-0.25, -0.2) is 0 Å². The molecule has 0 bridgehead atoms. The van der Waals surface area contributed by atoms with E-state index in [1.165, 1.54) is 11.1 Å². The van der Waals surface area contributed by atoms with E-state index in [9.17, 15) is 0 Å². The van der Waals surface area contributed by atoms with Gasteiger partial charge in [0.2, 0.25) is 0 Å². The molecule has 0 fully saturated rings. The molecule has 19 heavy (non-hydrogen) atoms. The molecule has 1 aliphatic rings. The highest BCUT2D eigenvalue weighted by Gasteiger charge is 2.13. The van der Waals surface area contributed by atoms with Gasteiger partial charge in [0.1, 0.15) is 13.2 Å². The second-order valence-electron chi connectivity index (χ2n) is 5.19. The number of benzene rings is 1. The Morgan fingerprint density at radius 2 is 1.89 bits per heavy atom. The molecule has 1 aliphatic heterocycles. The van der Waals surface area contributed by atoms with Crippen LogP contribution in [-0.2, 0) is 6.42 Å². The monoisotopic (exact) mass is 264 g/mol. The highest BCUT2D eigenvalue weighted by atomic mass is 16.6. The van der Waals surface area contributed by atoms with Crippen LogP contribution in [0.3, 0.4) is 0 Å². The van der Waals surface area contributed by atoms with Crippen molar-refractivity contribution in [1.29, 1.82) is 0 Å². The van der Waals surface area contributed by atoms with Gasteiger partial charge in [0.15, 0.2) is 11.5 Å². The molecule has 0 spiro atoms. The third kappa shape index (κ3) is 4.11. The first-order valence-electron chi connectivity index (χ1n) is 7.02. The minimum Gasteiger partial charge on any atom is -0.486 e. The molecular weight excluding hydrogens is 240 g/mol. The molecular formula is C15H24N2O2. The topological polar surface area (TPSA) is 56.5 Å². The third-order valence-electron chi connectivity index (χ3n) is 3.35. The van der Waals surface area contributed by atoms with Gasteiger partial charge < -0.3 is 20.5 Å². The molecule has 1 aromatic carbocycles. The molecule has 0 aromatic heterocycles. The summed E-state index contributed by atoms with van der Waals surface area (Å²) < 4.78 is 11.2. The van der Waals surface area contributed by atoms with Gasteiger partial charge >= 0.3 is 0 Å². The molecule has 4 nitrogen and oxygen atoms in total. The van der Waals surface area contributed by atoms with Crippen LogP contribution in [0.5, 0.6) is 11.5 Å². The van der Waals surface area contributed by atoms with Crippen molar-refractivity contribution in [1.82, 2.24) is 5.32 Å². The molecule has 0 radical (unpaired) electrons. The van der Waals surface area contributed by atoms with Crippen molar-refractivity contribution in [3.05, 3.63) is 23.3 Å². The minimum absolute atomic E-state index is 0.267. The summed E-state index contributed by atoms with van der Waals surface area (Å²) in [6.45, 7) is 7.38. The van der Waals surface area contributed by atoms with Crippen LogP contribution >= 0.6 is 0 Å². The molecule has 0 saturated carbocycles. The largest absolute Gasteiger partial charge is 0.486 e. The highest BCUT2D eigenvalue weighted by molar-refractivity contribution is 5.47. The molecule has 0 aliphatic carbocycles. The summed E-state index contributed by atoms with van der Waals surface area (Å²) in [4.78, 5) is 0. The molecule has 1 aromatic rings. The zero-order valence-corrected chi connectivity index (χ0v) is 11.9. The van der Waals surface area contributed by atoms with Gasteiger partial charge in [-0.3, -0.25) is 0 Å². The Morgan fingerprint density at radius 3 is 2.58 bits per heavy atom. The van der Waals surface area contributed by atoms with Gasteiger partial charge in [-0.05, 0) is 63.0 Å². The number of ether oxygens (including phenoxy) is 2. The molecule has 1 heterocycles. The molecule has 0 saturated heterocycles. The lowest BCUT2D eigenvalue weighted by Gasteiger charge is -2.20. The van der Waals surface area contributed by atoms with E-state index >= 15 is 0 Å². The first-order chi connectivity index (χ1) is 9.16. The van der Waals surface area contributed by atoms with Crippen LogP contribution in [-0.4, -0.2) is 32.3 Å². The van der Waals surface area contributed by atoms with Crippen molar-refractivity contribution in [3.63, 3.8) is 0 Å². The van der Waals surface area contributed by atoms with E-state index in [-0.39, 0.29) is 6.04 Å². The van der Waals surface area contributed by atoms with Crippen molar-refractivity contribution < 1.29 is 9.47 Å². The number of rotatable bonds is 6. The zero-order valence-electron chi connectivity index (χ0n) is 11.9. The standard InChI is InChI=1S/C15H24N2O2/c1-11-9-14-15(19-8-7-18-14)10-13(11)4-6-17-5-3-12(2)16/h9-10,12,17H,3-8,16H2,1-2H3.